The molecule has 1 N–H and O–H groups in total. The number of carbonyl (C=O) groups is 1. The average molecular weight is 424 g/mol. The van der Waals surface area contributed by atoms with Crippen molar-refractivity contribution in [3.8, 4) is 0 Å². The second kappa shape index (κ2) is 9.87. The minimum atomic E-state index is -1.05. The van der Waals surface area contributed by atoms with Gasteiger partial charge in [0.15, 0.2) is 0 Å². The maximum Gasteiger partial charge on any atom is 0.310 e. The molecule has 138 valence electrons. The van der Waals surface area contributed by atoms with E-state index in [9.17, 15) is 9.90 Å². The number of aliphatic carboxylic acids is 1. The van der Waals surface area contributed by atoms with E-state index in [4.69, 9.17) is 46.4 Å². The van der Waals surface area contributed by atoms with Crippen molar-refractivity contribution in [2.24, 2.45) is 17.3 Å². The van der Waals surface area contributed by atoms with Gasteiger partial charge in [0.05, 0.1) is 5.41 Å². The third kappa shape index (κ3) is 6.21. The molecule has 1 aromatic rings. The fourth-order valence-corrected chi connectivity index (χ4v) is 3.70. The van der Waals surface area contributed by atoms with Gasteiger partial charge in [0.25, 0.3) is 0 Å². The van der Waals surface area contributed by atoms with Crippen molar-refractivity contribution in [3.05, 3.63) is 56.5 Å². The molecule has 0 fully saturated rings. The van der Waals surface area contributed by atoms with Crippen LogP contribution < -0.4 is 0 Å². The van der Waals surface area contributed by atoms with Crippen molar-refractivity contribution in [3.63, 3.8) is 0 Å². The zero-order chi connectivity index (χ0) is 19.2. The summed E-state index contributed by atoms with van der Waals surface area (Å²) in [6.45, 7) is 5.56. The lowest BCUT2D eigenvalue weighted by Gasteiger charge is -2.37. The number of halogens is 4. The summed E-state index contributed by atoms with van der Waals surface area (Å²) in [6, 6.07) is 7.38. The van der Waals surface area contributed by atoms with E-state index in [0.29, 0.717) is 16.5 Å². The van der Waals surface area contributed by atoms with E-state index in [0.717, 1.165) is 5.56 Å². The molecule has 2 nitrogen and oxygen atoms in total. The summed E-state index contributed by atoms with van der Waals surface area (Å²) in [5, 5.41) is 11.2. The first-order chi connectivity index (χ1) is 11.6. The molecule has 1 rings (SSSR count). The van der Waals surface area contributed by atoms with E-state index in [1.54, 1.807) is 31.2 Å². The summed E-state index contributed by atoms with van der Waals surface area (Å²) in [6.07, 6.45) is 4.15. The fraction of sp³-hybridized carbons (Fsp3) is 0.421. The summed E-state index contributed by atoms with van der Waals surface area (Å²) < 4.78 is 0.0648. The van der Waals surface area contributed by atoms with E-state index in [-0.39, 0.29) is 22.7 Å². The van der Waals surface area contributed by atoms with Crippen LogP contribution in [0.15, 0.2) is 45.9 Å². The SMILES string of the molecule is CC(C)C(CC=C(Cl)Cc1ccc(Cl)cc1)(C(=O)O)C(C)C=C(Cl)Cl. The smallest absolute Gasteiger partial charge is 0.310 e. The van der Waals surface area contributed by atoms with Crippen LogP contribution in [0.2, 0.25) is 5.02 Å². The average Bonchev–Trinajstić information content (AvgIpc) is 2.48. The predicted molar refractivity (Wildman–Crippen MR) is 108 cm³/mol. The van der Waals surface area contributed by atoms with Crippen molar-refractivity contribution in [2.75, 3.05) is 0 Å². The lowest BCUT2D eigenvalue weighted by molar-refractivity contribution is -0.154. The highest BCUT2D eigenvalue weighted by atomic mass is 35.5. The Morgan fingerprint density at radius 2 is 1.72 bits per heavy atom. The van der Waals surface area contributed by atoms with Gasteiger partial charge in [-0.3, -0.25) is 4.79 Å². The molecular formula is C19H22Cl4O2. The predicted octanol–water partition coefficient (Wildman–Crippen LogP) is 7.08. The Labute approximate surface area is 169 Å². The van der Waals surface area contributed by atoms with Crippen molar-refractivity contribution in [2.45, 2.75) is 33.6 Å². The van der Waals surface area contributed by atoms with Gasteiger partial charge in [0, 0.05) is 16.5 Å². The second-order valence-corrected chi connectivity index (χ2v) is 8.33. The molecule has 0 amide bonds. The molecule has 25 heavy (non-hydrogen) atoms. The standard InChI is InChI=1S/C19H22Cl4O2/c1-12(2)19(18(24)25,13(3)10-17(22)23)9-8-16(21)11-14-4-6-15(20)7-5-14/h4-8,10,12-13H,9,11H2,1-3H3,(H,24,25). The molecule has 0 aliphatic heterocycles. The maximum atomic E-state index is 12.1. The lowest BCUT2D eigenvalue weighted by atomic mass is 9.66. The maximum absolute atomic E-state index is 12.1. The van der Waals surface area contributed by atoms with Crippen LogP contribution in [0.25, 0.3) is 0 Å². The number of hydrogen-bond acceptors (Lipinski definition) is 1. The highest BCUT2D eigenvalue weighted by Crippen LogP contribution is 2.42. The molecule has 0 aliphatic carbocycles. The van der Waals surface area contributed by atoms with Gasteiger partial charge in [0.1, 0.15) is 4.49 Å². The topological polar surface area (TPSA) is 37.3 Å². The third-order valence-electron chi connectivity index (χ3n) is 4.56. The summed E-state index contributed by atoms with van der Waals surface area (Å²) in [4.78, 5) is 12.1. The van der Waals surface area contributed by atoms with Crippen LogP contribution in [0.1, 0.15) is 32.8 Å². The van der Waals surface area contributed by atoms with Crippen LogP contribution in [-0.2, 0) is 11.2 Å². The lowest BCUT2D eigenvalue weighted by Crippen LogP contribution is -2.41. The van der Waals surface area contributed by atoms with E-state index in [1.807, 2.05) is 26.0 Å². The van der Waals surface area contributed by atoms with Crippen LogP contribution in [0.4, 0.5) is 0 Å². The zero-order valence-corrected chi connectivity index (χ0v) is 17.4. The molecule has 2 unspecified atom stereocenters. The van der Waals surface area contributed by atoms with Crippen molar-refractivity contribution >= 4 is 52.4 Å². The molecule has 0 aliphatic rings. The monoisotopic (exact) mass is 422 g/mol. The summed E-state index contributed by atoms with van der Waals surface area (Å²) in [5.74, 6) is -1.39. The number of allylic oxidation sites excluding steroid dienone is 3. The first-order valence-electron chi connectivity index (χ1n) is 7.94. The fourth-order valence-electron chi connectivity index (χ4n) is 2.96. The van der Waals surface area contributed by atoms with Gasteiger partial charge in [-0.15, -0.1) is 0 Å². The Balaban J connectivity index is 3.06. The van der Waals surface area contributed by atoms with Gasteiger partial charge < -0.3 is 5.11 Å². The van der Waals surface area contributed by atoms with Crippen LogP contribution in [0.5, 0.6) is 0 Å². The molecule has 0 aromatic heterocycles. The Morgan fingerprint density at radius 1 is 1.16 bits per heavy atom. The highest BCUT2D eigenvalue weighted by Gasteiger charge is 2.45. The molecule has 6 heteroatoms. The van der Waals surface area contributed by atoms with Gasteiger partial charge in [-0.1, -0.05) is 91.5 Å². The Kier molecular flexibility index (Phi) is 8.83. The van der Waals surface area contributed by atoms with Gasteiger partial charge in [-0.2, -0.15) is 0 Å². The first kappa shape index (κ1) is 22.4. The van der Waals surface area contributed by atoms with Crippen LogP contribution >= 0.6 is 46.4 Å². The number of carboxylic acid groups (broad SMARTS) is 1. The quantitative estimate of drug-likeness (QED) is 0.484. The van der Waals surface area contributed by atoms with Gasteiger partial charge in [-0.25, -0.2) is 0 Å². The Morgan fingerprint density at radius 3 is 2.16 bits per heavy atom. The van der Waals surface area contributed by atoms with Gasteiger partial charge in [-0.05, 0) is 36.0 Å². The van der Waals surface area contributed by atoms with Crippen LogP contribution in [0.3, 0.4) is 0 Å². The highest BCUT2D eigenvalue weighted by molar-refractivity contribution is 6.55. The number of hydrogen-bond donors (Lipinski definition) is 1. The third-order valence-corrected chi connectivity index (χ3v) is 5.36. The summed E-state index contributed by atoms with van der Waals surface area (Å²) >= 11 is 23.7. The Bertz CT molecular complexity index is 646. The molecule has 2 atom stereocenters. The summed E-state index contributed by atoms with van der Waals surface area (Å²) in [7, 11) is 0. The number of benzene rings is 1. The minimum Gasteiger partial charge on any atom is -0.481 e. The van der Waals surface area contributed by atoms with Crippen molar-refractivity contribution in [1.29, 1.82) is 0 Å². The normalized spacial score (nSPS) is 15.6. The largest absolute Gasteiger partial charge is 0.481 e. The van der Waals surface area contributed by atoms with Gasteiger partial charge >= 0.3 is 5.97 Å². The molecule has 1 aromatic carbocycles. The second-order valence-electron chi connectivity index (χ2n) is 6.40. The van der Waals surface area contributed by atoms with E-state index < -0.39 is 11.4 Å². The van der Waals surface area contributed by atoms with Gasteiger partial charge in [0.2, 0.25) is 0 Å². The molecule has 0 radical (unpaired) electrons. The van der Waals surface area contributed by atoms with Crippen LogP contribution in [0, 0.1) is 17.3 Å². The van der Waals surface area contributed by atoms with E-state index in [1.165, 1.54) is 0 Å². The molecule has 0 heterocycles. The van der Waals surface area contributed by atoms with Crippen molar-refractivity contribution < 1.29 is 9.90 Å². The molecular weight excluding hydrogens is 402 g/mol. The minimum absolute atomic E-state index is 0.0648. The number of carboxylic acids is 1. The Hall–Kier alpha value is -0.670. The van der Waals surface area contributed by atoms with Crippen molar-refractivity contribution in [1.82, 2.24) is 0 Å². The molecule has 0 bridgehead atoms. The van der Waals surface area contributed by atoms with E-state index in [2.05, 4.69) is 0 Å². The molecule has 0 saturated heterocycles. The molecule has 0 saturated carbocycles. The summed E-state index contributed by atoms with van der Waals surface area (Å²) in [5.41, 5.74) is -0.0392. The first-order valence-corrected chi connectivity index (χ1v) is 9.46. The number of rotatable bonds is 8. The zero-order valence-electron chi connectivity index (χ0n) is 14.4. The molecule has 0 spiro atoms. The van der Waals surface area contributed by atoms with Crippen LogP contribution in [-0.4, -0.2) is 11.1 Å². The van der Waals surface area contributed by atoms with E-state index >= 15 is 0 Å².